The maximum absolute atomic E-state index is 12.7. The first kappa shape index (κ1) is 21.4. The molecule has 152 valence electrons. The number of carbonyl (C=O) groups is 2. The first-order valence-corrected chi connectivity index (χ1v) is 8.67. The number of esters is 1. The Kier molecular flexibility index (Phi) is 6.86. The minimum Gasteiger partial charge on any atom is -0.463 e. The number of benzene rings is 1. The van der Waals surface area contributed by atoms with E-state index in [2.05, 4.69) is 10.3 Å². The summed E-state index contributed by atoms with van der Waals surface area (Å²) in [7, 11) is 0. The van der Waals surface area contributed by atoms with Crippen LogP contribution >= 0.6 is 0 Å². The van der Waals surface area contributed by atoms with Crippen LogP contribution in [0.5, 0.6) is 0 Å². The van der Waals surface area contributed by atoms with Gasteiger partial charge in [-0.1, -0.05) is 12.1 Å². The number of allylic oxidation sites excluding steroid dienone is 1. The highest BCUT2D eigenvalue weighted by Crippen LogP contribution is 2.37. The van der Waals surface area contributed by atoms with Gasteiger partial charge in [-0.15, -0.1) is 0 Å². The van der Waals surface area contributed by atoms with Crippen LogP contribution in [0.15, 0.2) is 40.5 Å². The highest BCUT2D eigenvalue weighted by Gasteiger charge is 2.41. The summed E-state index contributed by atoms with van der Waals surface area (Å²) in [6.45, 7) is 4.82. The Morgan fingerprint density at radius 2 is 2.03 bits per heavy atom. The molecular weight excluding hydrogens is 382 g/mol. The van der Waals surface area contributed by atoms with Gasteiger partial charge in [0.2, 0.25) is 5.96 Å². The number of nitro groups is 1. The van der Waals surface area contributed by atoms with E-state index in [0.717, 1.165) is 4.90 Å². The van der Waals surface area contributed by atoms with Gasteiger partial charge < -0.3 is 9.47 Å². The Morgan fingerprint density at radius 1 is 1.34 bits per heavy atom. The van der Waals surface area contributed by atoms with Gasteiger partial charge in [-0.25, -0.2) is 19.5 Å². The zero-order valence-corrected chi connectivity index (χ0v) is 16.0. The van der Waals surface area contributed by atoms with Gasteiger partial charge in [-0.3, -0.25) is 15.4 Å². The summed E-state index contributed by atoms with van der Waals surface area (Å²) >= 11 is 0. The van der Waals surface area contributed by atoms with Crippen LogP contribution in [0.2, 0.25) is 0 Å². The molecule has 11 nitrogen and oxygen atoms in total. The van der Waals surface area contributed by atoms with Crippen molar-refractivity contribution in [2.24, 2.45) is 4.99 Å². The number of hydrogen-bond donors (Lipinski definition) is 1. The fourth-order valence-corrected chi connectivity index (χ4v) is 2.84. The van der Waals surface area contributed by atoms with Crippen molar-refractivity contribution in [1.82, 2.24) is 10.2 Å². The van der Waals surface area contributed by atoms with E-state index in [1.165, 1.54) is 31.2 Å². The van der Waals surface area contributed by atoms with Crippen LogP contribution in [-0.2, 0) is 14.3 Å². The topological polar surface area (TPSA) is 147 Å². The highest BCUT2D eigenvalue weighted by molar-refractivity contribution is 6.01. The van der Waals surface area contributed by atoms with Crippen molar-refractivity contribution >= 4 is 23.7 Å². The van der Waals surface area contributed by atoms with Gasteiger partial charge in [0.05, 0.1) is 29.4 Å². The molecule has 1 N–H and O–H groups in total. The summed E-state index contributed by atoms with van der Waals surface area (Å²) in [6, 6.07) is 4.31. The average molecular weight is 401 g/mol. The molecule has 0 radical (unpaired) electrons. The summed E-state index contributed by atoms with van der Waals surface area (Å²) in [4.78, 5) is 41.1. The number of aliphatic imine (C=N–C) groups is 1. The van der Waals surface area contributed by atoms with E-state index in [0.29, 0.717) is 0 Å². The molecule has 2 rings (SSSR count). The number of nitro benzene ring substituents is 1. The SMILES string of the molecule is CCOC(=O)C1=C(C)N=C(NC#N)N(C(=O)OCC)C1c1cccc([N+](=O)[O-])c1. The predicted molar refractivity (Wildman–Crippen MR) is 100 cm³/mol. The van der Waals surface area contributed by atoms with Crippen LogP contribution in [0.1, 0.15) is 32.4 Å². The van der Waals surface area contributed by atoms with Crippen molar-refractivity contribution in [3.05, 3.63) is 51.2 Å². The van der Waals surface area contributed by atoms with Crippen LogP contribution in [0.3, 0.4) is 0 Å². The number of nitriles is 1. The molecule has 1 aromatic carbocycles. The minimum absolute atomic E-state index is 0.00360. The van der Waals surface area contributed by atoms with Crippen LogP contribution in [0.4, 0.5) is 10.5 Å². The second-order valence-electron chi connectivity index (χ2n) is 5.72. The molecule has 0 fully saturated rings. The molecule has 1 aromatic rings. The molecule has 1 aliphatic heterocycles. The van der Waals surface area contributed by atoms with E-state index in [4.69, 9.17) is 14.7 Å². The van der Waals surface area contributed by atoms with Crippen molar-refractivity contribution in [2.75, 3.05) is 13.2 Å². The van der Waals surface area contributed by atoms with Crippen LogP contribution < -0.4 is 5.32 Å². The number of nitrogens with one attached hydrogen (secondary N) is 1. The van der Waals surface area contributed by atoms with E-state index in [1.54, 1.807) is 20.0 Å². The van der Waals surface area contributed by atoms with Gasteiger partial charge in [0, 0.05) is 12.1 Å². The quantitative estimate of drug-likeness (QED) is 0.260. The fourth-order valence-electron chi connectivity index (χ4n) is 2.84. The fraction of sp³-hybridized carbons (Fsp3) is 0.333. The molecule has 0 saturated heterocycles. The van der Waals surface area contributed by atoms with Crippen molar-refractivity contribution in [3.63, 3.8) is 0 Å². The van der Waals surface area contributed by atoms with E-state index in [9.17, 15) is 19.7 Å². The molecule has 0 bridgehead atoms. The third kappa shape index (κ3) is 4.49. The largest absolute Gasteiger partial charge is 0.463 e. The number of guanidine groups is 1. The summed E-state index contributed by atoms with van der Waals surface area (Å²) < 4.78 is 10.2. The number of non-ortho nitro benzene ring substituents is 1. The van der Waals surface area contributed by atoms with E-state index < -0.39 is 23.0 Å². The Bertz CT molecular complexity index is 933. The smallest absolute Gasteiger partial charge is 0.417 e. The Balaban J connectivity index is 2.74. The van der Waals surface area contributed by atoms with E-state index >= 15 is 0 Å². The van der Waals surface area contributed by atoms with E-state index in [-0.39, 0.29) is 41.7 Å². The molecule has 0 saturated carbocycles. The molecule has 0 aliphatic carbocycles. The first-order chi connectivity index (χ1) is 13.8. The predicted octanol–water partition coefficient (Wildman–Crippen LogP) is 2.37. The minimum atomic E-state index is -1.15. The van der Waals surface area contributed by atoms with Crippen molar-refractivity contribution < 1.29 is 24.0 Å². The van der Waals surface area contributed by atoms with Crippen LogP contribution in [0, 0.1) is 21.6 Å². The average Bonchev–Trinajstić information content (AvgIpc) is 2.68. The van der Waals surface area contributed by atoms with Gasteiger partial charge in [0.15, 0.2) is 6.19 Å². The molecular formula is C18H19N5O6. The Morgan fingerprint density at radius 3 is 2.62 bits per heavy atom. The number of carbonyl (C=O) groups excluding carboxylic acids is 2. The summed E-state index contributed by atoms with van der Waals surface area (Å²) in [5.74, 6) is -0.913. The lowest BCUT2D eigenvalue weighted by Crippen LogP contribution is -2.49. The summed E-state index contributed by atoms with van der Waals surface area (Å²) in [6.07, 6.45) is 0.789. The third-order valence-corrected chi connectivity index (χ3v) is 3.95. The normalized spacial score (nSPS) is 15.9. The Labute approximate surface area is 166 Å². The van der Waals surface area contributed by atoms with E-state index in [1.807, 2.05) is 0 Å². The maximum Gasteiger partial charge on any atom is 0.417 e. The molecule has 1 unspecified atom stereocenters. The molecule has 1 amide bonds. The number of nitrogens with zero attached hydrogens (tertiary/aromatic N) is 4. The van der Waals surface area contributed by atoms with Crippen molar-refractivity contribution in [3.8, 4) is 6.19 Å². The molecule has 0 spiro atoms. The first-order valence-electron chi connectivity index (χ1n) is 8.67. The van der Waals surface area contributed by atoms with Gasteiger partial charge in [0.25, 0.3) is 5.69 Å². The van der Waals surface area contributed by atoms with Crippen molar-refractivity contribution in [2.45, 2.75) is 26.8 Å². The lowest BCUT2D eigenvalue weighted by molar-refractivity contribution is -0.384. The van der Waals surface area contributed by atoms with Gasteiger partial charge in [-0.05, 0) is 26.3 Å². The standard InChI is InChI=1S/C18H19N5O6/c1-4-28-16(24)14-11(3)21-17(20-10-19)22(18(25)29-5-2)15(14)12-7-6-8-13(9-12)23(26)27/h6-9,15H,4-5H2,1-3H3,(H,20,21). The number of amides is 1. The van der Waals surface area contributed by atoms with Crippen LogP contribution in [-0.4, -0.2) is 41.1 Å². The second-order valence-corrected chi connectivity index (χ2v) is 5.72. The molecule has 1 aliphatic rings. The Hall–Kier alpha value is -3.94. The monoisotopic (exact) mass is 401 g/mol. The highest BCUT2D eigenvalue weighted by atomic mass is 16.6. The molecule has 0 aromatic heterocycles. The summed E-state index contributed by atoms with van der Waals surface area (Å²) in [5.41, 5.74) is 0.216. The number of rotatable bonds is 5. The third-order valence-electron chi connectivity index (χ3n) is 3.95. The summed E-state index contributed by atoms with van der Waals surface area (Å²) in [5, 5.41) is 22.6. The second kappa shape index (κ2) is 9.32. The number of hydrogen-bond acceptors (Lipinski definition) is 9. The molecule has 1 heterocycles. The molecule has 11 heteroatoms. The zero-order chi connectivity index (χ0) is 21.6. The van der Waals surface area contributed by atoms with Crippen LogP contribution in [0.25, 0.3) is 0 Å². The van der Waals surface area contributed by atoms with Crippen molar-refractivity contribution in [1.29, 1.82) is 5.26 Å². The lowest BCUT2D eigenvalue weighted by atomic mass is 9.94. The van der Waals surface area contributed by atoms with Gasteiger partial charge in [0.1, 0.15) is 6.04 Å². The zero-order valence-electron chi connectivity index (χ0n) is 16.0. The number of ether oxygens (including phenoxy) is 2. The molecule has 29 heavy (non-hydrogen) atoms. The molecule has 1 atom stereocenters. The maximum atomic E-state index is 12.7. The van der Waals surface area contributed by atoms with Gasteiger partial charge in [-0.2, -0.15) is 5.26 Å². The lowest BCUT2D eigenvalue weighted by Gasteiger charge is -2.35. The van der Waals surface area contributed by atoms with Gasteiger partial charge >= 0.3 is 12.1 Å².